The van der Waals surface area contributed by atoms with Crippen LogP contribution >= 0.6 is 23.5 Å². The lowest BCUT2D eigenvalue weighted by Crippen LogP contribution is -2.02. The van der Waals surface area contributed by atoms with Crippen molar-refractivity contribution in [2.24, 2.45) is 0 Å². The fraction of sp³-hybridized carbons (Fsp3) is 0.667. The lowest BCUT2D eigenvalue weighted by Gasteiger charge is -2.23. The van der Waals surface area contributed by atoms with Gasteiger partial charge < -0.3 is 0 Å². The zero-order chi connectivity index (χ0) is 26.7. The Hall–Kier alpha value is -0.860. The van der Waals surface area contributed by atoms with Crippen LogP contribution in [0.4, 0.5) is 0 Å². The minimum atomic E-state index is 1.27. The first-order valence-corrected chi connectivity index (χ1v) is 18.1. The highest BCUT2D eigenvalue weighted by Crippen LogP contribution is 2.50. The summed E-state index contributed by atoms with van der Waals surface area (Å²) in [5.41, 5.74) is 3.33. The predicted molar refractivity (Wildman–Crippen MR) is 172 cm³/mol. The molecule has 0 aliphatic carbocycles. The van der Waals surface area contributed by atoms with E-state index in [1.54, 1.807) is 16.0 Å². The van der Waals surface area contributed by atoms with E-state index in [-0.39, 0.29) is 0 Å². The molecule has 0 saturated heterocycles. The van der Waals surface area contributed by atoms with Crippen molar-refractivity contribution in [3.63, 3.8) is 0 Å². The highest BCUT2D eigenvalue weighted by molar-refractivity contribution is 8.05. The molecule has 0 radical (unpaired) electrons. The SMILES string of the molecule is CCCCCCCCCCCCc1ccc2c(c1CCCCCCCCCCCC)Sc1ccccc1S2. The van der Waals surface area contributed by atoms with Gasteiger partial charge >= 0.3 is 0 Å². The summed E-state index contributed by atoms with van der Waals surface area (Å²) in [5.74, 6) is 0. The average Bonchev–Trinajstić information content (AvgIpc) is 2.94. The van der Waals surface area contributed by atoms with Gasteiger partial charge in [-0.3, -0.25) is 0 Å². The highest BCUT2D eigenvalue weighted by atomic mass is 32.2. The largest absolute Gasteiger partial charge is 0.0877 e. The van der Waals surface area contributed by atoms with Gasteiger partial charge in [-0.25, -0.2) is 0 Å². The minimum absolute atomic E-state index is 1.27. The Morgan fingerprint density at radius 2 is 0.868 bits per heavy atom. The Kier molecular flexibility index (Phi) is 16.7. The van der Waals surface area contributed by atoms with Crippen molar-refractivity contribution in [3.8, 4) is 0 Å². The van der Waals surface area contributed by atoms with Crippen molar-refractivity contribution in [1.82, 2.24) is 0 Å². The summed E-state index contributed by atoms with van der Waals surface area (Å²) in [6, 6.07) is 13.9. The first-order chi connectivity index (χ1) is 18.8. The molecule has 0 bridgehead atoms. The molecule has 0 aromatic heterocycles. The molecular formula is C36H56S2. The fourth-order valence-electron chi connectivity index (χ4n) is 5.79. The lowest BCUT2D eigenvalue weighted by atomic mass is 9.96. The van der Waals surface area contributed by atoms with Crippen LogP contribution in [-0.2, 0) is 12.8 Å². The number of fused-ring (bicyclic) bond motifs is 2. The third-order valence-electron chi connectivity index (χ3n) is 8.18. The topological polar surface area (TPSA) is 0 Å². The smallest absolute Gasteiger partial charge is 0.0297 e. The maximum atomic E-state index is 2.49. The average molecular weight is 553 g/mol. The molecule has 0 N–H and O–H groups in total. The summed E-state index contributed by atoms with van der Waals surface area (Å²) >= 11 is 4.03. The Bertz CT molecular complexity index is 887. The normalized spacial score (nSPS) is 12.5. The highest BCUT2D eigenvalue weighted by Gasteiger charge is 2.21. The molecule has 1 heterocycles. The van der Waals surface area contributed by atoms with Crippen LogP contribution in [-0.4, -0.2) is 0 Å². The van der Waals surface area contributed by atoms with Gasteiger partial charge in [-0.2, -0.15) is 0 Å². The number of aryl methyl sites for hydroxylation is 1. The third-order valence-corrected chi connectivity index (χ3v) is 10.8. The molecule has 1 aliphatic rings. The van der Waals surface area contributed by atoms with E-state index < -0.39 is 0 Å². The predicted octanol–water partition coefficient (Wildman–Crippen LogP) is 13.2. The van der Waals surface area contributed by atoms with E-state index in [4.69, 9.17) is 0 Å². The van der Waals surface area contributed by atoms with Gasteiger partial charge in [-0.05, 0) is 55.0 Å². The van der Waals surface area contributed by atoms with E-state index in [0.29, 0.717) is 0 Å². The Morgan fingerprint density at radius 3 is 1.39 bits per heavy atom. The van der Waals surface area contributed by atoms with Crippen molar-refractivity contribution in [2.75, 3.05) is 0 Å². The first kappa shape index (κ1) is 31.7. The summed E-state index contributed by atoms with van der Waals surface area (Å²) in [6.07, 6.45) is 30.8. The standard InChI is InChI=1S/C36H56S2/c1-3-5-7-9-11-13-15-17-19-21-25-31-29-30-35-36(38-34-28-24-23-27-33(34)37-35)32(31)26-22-20-18-16-14-12-10-8-6-4-2/h23-24,27-30H,3-22,25-26H2,1-2H3. The van der Waals surface area contributed by atoms with Gasteiger partial charge in [0, 0.05) is 19.6 Å². The molecule has 0 amide bonds. The summed E-state index contributed by atoms with van der Waals surface area (Å²) in [4.78, 5) is 5.94. The van der Waals surface area contributed by atoms with E-state index in [0.717, 1.165) is 0 Å². The monoisotopic (exact) mass is 552 g/mol. The zero-order valence-corrected chi connectivity index (χ0v) is 26.5. The molecule has 38 heavy (non-hydrogen) atoms. The van der Waals surface area contributed by atoms with Crippen molar-refractivity contribution in [3.05, 3.63) is 47.5 Å². The molecule has 2 aromatic rings. The second-order valence-corrected chi connectivity index (χ2v) is 13.7. The van der Waals surface area contributed by atoms with E-state index in [2.05, 4.69) is 50.2 Å². The Labute approximate surface area is 244 Å². The maximum Gasteiger partial charge on any atom is 0.0297 e. The molecule has 0 atom stereocenters. The summed E-state index contributed by atoms with van der Waals surface area (Å²) < 4.78 is 0. The van der Waals surface area contributed by atoms with Crippen LogP contribution in [0.1, 0.15) is 153 Å². The second kappa shape index (κ2) is 20.1. The van der Waals surface area contributed by atoms with Gasteiger partial charge in [0.2, 0.25) is 0 Å². The maximum absolute atomic E-state index is 2.49. The molecule has 0 spiro atoms. The number of benzene rings is 2. The number of hydrogen-bond acceptors (Lipinski definition) is 2. The molecule has 0 nitrogen and oxygen atoms in total. The molecule has 2 aromatic carbocycles. The van der Waals surface area contributed by atoms with Gasteiger partial charge in [-0.1, -0.05) is 171 Å². The molecule has 0 unspecified atom stereocenters. The van der Waals surface area contributed by atoms with Crippen LogP contribution in [0, 0.1) is 0 Å². The fourth-order valence-corrected chi connectivity index (χ4v) is 8.25. The lowest BCUT2D eigenvalue weighted by molar-refractivity contribution is 0.552. The van der Waals surface area contributed by atoms with E-state index in [1.807, 2.05) is 23.5 Å². The number of unbranched alkanes of at least 4 members (excludes halogenated alkanes) is 18. The Morgan fingerprint density at radius 1 is 0.421 bits per heavy atom. The Balaban J connectivity index is 1.46. The van der Waals surface area contributed by atoms with Gasteiger partial charge in [0.15, 0.2) is 0 Å². The summed E-state index contributed by atoms with van der Waals surface area (Å²) in [5, 5.41) is 0. The number of hydrogen-bond donors (Lipinski definition) is 0. The van der Waals surface area contributed by atoms with E-state index >= 15 is 0 Å². The summed E-state index contributed by atoms with van der Waals surface area (Å²) in [7, 11) is 0. The molecule has 1 aliphatic heterocycles. The van der Waals surface area contributed by atoms with Crippen LogP contribution in [0.2, 0.25) is 0 Å². The van der Waals surface area contributed by atoms with Gasteiger partial charge in [0.1, 0.15) is 0 Å². The van der Waals surface area contributed by atoms with Crippen LogP contribution in [0.25, 0.3) is 0 Å². The molecule has 0 fully saturated rings. The van der Waals surface area contributed by atoms with Crippen LogP contribution in [0.3, 0.4) is 0 Å². The van der Waals surface area contributed by atoms with Crippen LogP contribution in [0.15, 0.2) is 56.0 Å². The third kappa shape index (κ3) is 11.7. The number of rotatable bonds is 22. The molecule has 0 saturated carbocycles. The van der Waals surface area contributed by atoms with Crippen molar-refractivity contribution in [1.29, 1.82) is 0 Å². The van der Waals surface area contributed by atoms with Crippen LogP contribution < -0.4 is 0 Å². The van der Waals surface area contributed by atoms with Crippen molar-refractivity contribution >= 4 is 23.5 Å². The quantitative estimate of drug-likeness (QED) is 0.114. The van der Waals surface area contributed by atoms with Gasteiger partial charge in [0.25, 0.3) is 0 Å². The molecule has 3 rings (SSSR count). The van der Waals surface area contributed by atoms with Gasteiger partial charge in [-0.15, -0.1) is 0 Å². The molecule has 2 heteroatoms. The second-order valence-electron chi connectivity index (χ2n) is 11.5. The minimum Gasteiger partial charge on any atom is -0.0877 e. The van der Waals surface area contributed by atoms with E-state index in [1.165, 1.54) is 156 Å². The van der Waals surface area contributed by atoms with Gasteiger partial charge in [0.05, 0.1) is 0 Å². The van der Waals surface area contributed by atoms with Crippen molar-refractivity contribution < 1.29 is 0 Å². The first-order valence-electron chi connectivity index (χ1n) is 16.4. The van der Waals surface area contributed by atoms with Crippen LogP contribution in [0.5, 0.6) is 0 Å². The van der Waals surface area contributed by atoms with Crippen molar-refractivity contribution in [2.45, 2.75) is 175 Å². The zero-order valence-electron chi connectivity index (χ0n) is 24.8. The molecular weight excluding hydrogens is 497 g/mol. The summed E-state index contributed by atoms with van der Waals surface area (Å²) in [6.45, 7) is 4.62. The molecule has 212 valence electrons. The van der Waals surface area contributed by atoms with E-state index in [9.17, 15) is 0 Å².